The topological polar surface area (TPSA) is 96.8 Å². The highest BCUT2D eigenvalue weighted by Gasteiger charge is 2.25. The van der Waals surface area contributed by atoms with Gasteiger partial charge in [-0.2, -0.15) is 4.98 Å². The second kappa shape index (κ2) is 6.70. The molecule has 0 saturated carbocycles. The summed E-state index contributed by atoms with van der Waals surface area (Å²) in [4.78, 5) is 22.3. The van der Waals surface area contributed by atoms with Gasteiger partial charge in [0.05, 0.1) is 5.92 Å². The Morgan fingerprint density at radius 3 is 2.73 bits per heavy atom. The summed E-state index contributed by atoms with van der Waals surface area (Å²) in [5.41, 5.74) is 1.66. The van der Waals surface area contributed by atoms with Gasteiger partial charge in [0.25, 0.3) is 0 Å². The van der Waals surface area contributed by atoms with E-state index in [0.717, 1.165) is 22.9 Å². The first-order chi connectivity index (χ1) is 12.6. The lowest BCUT2D eigenvalue weighted by atomic mass is 9.97. The molecule has 0 amide bonds. The third-order valence-corrected chi connectivity index (χ3v) is 4.64. The summed E-state index contributed by atoms with van der Waals surface area (Å²) >= 11 is 0. The first kappa shape index (κ1) is 16.4. The van der Waals surface area contributed by atoms with Crippen LogP contribution in [-0.4, -0.2) is 40.9 Å². The van der Waals surface area contributed by atoms with E-state index in [1.165, 1.54) is 0 Å². The van der Waals surface area contributed by atoms with Gasteiger partial charge >= 0.3 is 5.97 Å². The van der Waals surface area contributed by atoms with E-state index in [0.29, 0.717) is 37.6 Å². The number of hydrogen-bond donors (Lipinski definition) is 2. The zero-order chi connectivity index (χ0) is 18.1. The molecule has 1 aromatic carbocycles. The molecule has 1 aromatic heterocycles. The smallest absolute Gasteiger partial charge is 0.306 e. The zero-order valence-electron chi connectivity index (χ0n) is 14.4. The van der Waals surface area contributed by atoms with Gasteiger partial charge in [0.15, 0.2) is 11.5 Å². The molecular weight excluding hydrogens is 336 g/mol. The number of fused-ring (bicyclic) bond motifs is 1. The molecule has 0 radical (unpaired) electrons. The highest BCUT2D eigenvalue weighted by molar-refractivity contribution is 5.70. The van der Waals surface area contributed by atoms with Crippen molar-refractivity contribution < 1.29 is 19.4 Å². The van der Waals surface area contributed by atoms with Crippen molar-refractivity contribution in [3.8, 4) is 11.5 Å². The summed E-state index contributed by atoms with van der Waals surface area (Å²) in [6.45, 7) is 3.50. The molecule has 0 spiro atoms. The van der Waals surface area contributed by atoms with E-state index in [-0.39, 0.29) is 12.7 Å². The van der Waals surface area contributed by atoms with Gasteiger partial charge in [-0.05, 0) is 31.9 Å². The van der Waals surface area contributed by atoms with Gasteiger partial charge < -0.3 is 24.8 Å². The van der Waals surface area contributed by atoms with E-state index >= 15 is 0 Å². The molecule has 1 saturated heterocycles. The minimum atomic E-state index is -0.714. The number of aryl methyl sites for hydroxylation is 1. The Bertz CT molecular complexity index is 834. The molecule has 2 aliphatic rings. The van der Waals surface area contributed by atoms with Crippen LogP contribution in [0.5, 0.6) is 11.5 Å². The molecular formula is C18H20N4O4. The van der Waals surface area contributed by atoms with Crippen molar-refractivity contribution in [2.75, 3.05) is 30.1 Å². The first-order valence-corrected chi connectivity index (χ1v) is 8.58. The Morgan fingerprint density at radius 1 is 1.19 bits per heavy atom. The molecule has 8 heteroatoms. The minimum absolute atomic E-state index is 0.232. The molecule has 4 rings (SSSR count). The van der Waals surface area contributed by atoms with Crippen molar-refractivity contribution in [2.24, 2.45) is 5.92 Å². The molecule has 8 nitrogen and oxygen atoms in total. The number of aliphatic carboxylic acids is 1. The summed E-state index contributed by atoms with van der Waals surface area (Å²) in [6.07, 6.45) is 1.26. The average Bonchev–Trinajstić information content (AvgIpc) is 3.09. The van der Waals surface area contributed by atoms with E-state index in [2.05, 4.69) is 20.2 Å². The first-order valence-electron chi connectivity index (χ1n) is 8.58. The van der Waals surface area contributed by atoms with E-state index < -0.39 is 5.97 Å². The number of hydrogen-bond acceptors (Lipinski definition) is 7. The number of nitrogens with zero attached hydrogens (tertiary/aromatic N) is 3. The van der Waals surface area contributed by atoms with Crippen molar-refractivity contribution in [1.29, 1.82) is 0 Å². The minimum Gasteiger partial charge on any atom is -0.481 e. The van der Waals surface area contributed by atoms with Crippen LogP contribution in [0.25, 0.3) is 0 Å². The lowest BCUT2D eigenvalue weighted by Gasteiger charge is -2.31. The predicted molar refractivity (Wildman–Crippen MR) is 95.2 cm³/mol. The van der Waals surface area contributed by atoms with Gasteiger partial charge in [0, 0.05) is 36.6 Å². The third kappa shape index (κ3) is 3.35. The van der Waals surface area contributed by atoms with Gasteiger partial charge in [0.2, 0.25) is 12.7 Å². The summed E-state index contributed by atoms with van der Waals surface area (Å²) in [5.74, 6) is 1.75. The summed E-state index contributed by atoms with van der Waals surface area (Å²) in [7, 11) is 0. The van der Waals surface area contributed by atoms with Crippen molar-refractivity contribution >= 4 is 23.4 Å². The Kier molecular flexibility index (Phi) is 4.24. The quantitative estimate of drug-likeness (QED) is 0.863. The number of rotatable bonds is 4. The van der Waals surface area contributed by atoms with Gasteiger partial charge in [0.1, 0.15) is 5.82 Å². The normalized spacial score (nSPS) is 16.6. The highest BCUT2D eigenvalue weighted by Crippen LogP contribution is 2.35. The van der Waals surface area contributed by atoms with Gasteiger partial charge in [-0.25, -0.2) is 4.98 Å². The molecule has 2 aliphatic heterocycles. The zero-order valence-corrected chi connectivity index (χ0v) is 14.4. The molecule has 2 N–H and O–H groups in total. The van der Waals surface area contributed by atoms with Crippen LogP contribution in [0.4, 0.5) is 17.5 Å². The third-order valence-electron chi connectivity index (χ3n) is 4.64. The van der Waals surface area contributed by atoms with Gasteiger partial charge in [-0.3, -0.25) is 4.79 Å². The number of carbonyl (C=O) groups is 1. The number of anilines is 3. The Balaban J connectivity index is 1.50. The van der Waals surface area contributed by atoms with E-state index in [9.17, 15) is 4.79 Å². The van der Waals surface area contributed by atoms with Crippen molar-refractivity contribution in [2.45, 2.75) is 19.8 Å². The SMILES string of the molecule is Cc1cc(N2CCC(C(=O)O)CC2)nc(Nc2ccc3c(c2)OCO3)n1. The van der Waals surface area contributed by atoms with Crippen LogP contribution in [0, 0.1) is 12.8 Å². The van der Waals surface area contributed by atoms with Crippen LogP contribution in [0.15, 0.2) is 24.3 Å². The highest BCUT2D eigenvalue weighted by atomic mass is 16.7. The lowest BCUT2D eigenvalue weighted by Crippen LogP contribution is -2.36. The number of carboxylic acids is 1. The van der Waals surface area contributed by atoms with Crippen LogP contribution in [0.1, 0.15) is 18.5 Å². The van der Waals surface area contributed by atoms with Crippen molar-refractivity contribution in [1.82, 2.24) is 9.97 Å². The fraction of sp³-hybridized carbons (Fsp3) is 0.389. The van der Waals surface area contributed by atoms with E-state index in [1.807, 2.05) is 31.2 Å². The number of nitrogens with one attached hydrogen (secondary N) is 1. The van der Waals surface area contributed by atoms with Crippen LogP contribution < -0.4 is 19.7 Å². The van der Waals surface area contributed by atoms with Crippen LogP contribution in [0.2, 0.25) is 0 Å². The van der Waals surface area contributed by atoms with Gasteiger partial charge in [-0.1, -0.05) is 0 Å². The Morgan fingerprint density at radius 2 is 1.96 bits per heavy atom. The Hall–Kier alpha value is -3.03. The largest absolute Gasteiger partial charge is 0.481 e. The van der Waals surface area contributed by atoms with E-state index in [4.69, 9.17) is 14.6 Å². The monoisotopic (exact) mass is 356 g/mol. The molecule has 3 heterocycles. The molecule has 0 unspecified atom stereocenters. The van der Waals surface area contributed by atoms with Crippen LogP contribution in [0.3, 0.4) is 0 Å². The number of aromatic nitrogens is 2. The van der Waals surface area contributed by atoms with Gasteiger partial charge in [-0.15, -0.1) is 0 Å². The molecule has 2 aromatic rings. The molecule has 0 atom stereocenters. The van der Waals surface area contributed by atoms with Crippen molar-refractivity contribution in [3.05, 3.63) is 30.0 Å². The predicted octanol–water partition coefficient (Wildman–Crippen LogP) is 2.56. The van der Waals surface area contributed by atoms with Crippen LogP contribution >= 0.6 is 0 Å². The molecule has 26 heavy (non-hydrogen) atoms. The average molecular weight is 356 g/mol. The fourth-order valence-corrected chi connectivity index (χ4v) is 3.23. The number of carboxylic acid groups (broad SMARTS) is 1. The summed E-state index contributed by atoms with van der Waals surface area (Å²) in [5, 5.41) is 12.3. The molecule has 0 aliphatic carbocycles. The standard InChI is InChI=1S/C18H20N4O4/c1-11-8-16(22-6-4-12(5-7-22)17(23)24)21-18(19-11)20-13-2-3-14-15(9-13)26-10-25-14/h2-3,8-9,12H,4-7,10H2,1H3,(H,23,24)(H,19,20,21). The van der Waals surface area contributed by atoms with E-state index in [1.54, 1.807) is 0 Å². The molecule has 0 bridgehead atoms. The Labute approximate surface area is 150 Å². The second-order valence-electron chi connectivity index (χ2n) is 6.48. The van der Waals surface area contributed by atoms with Crippen molar-refractivity contribution in [3.63, 3.8) is 0 Å². The lowest BCUT2D eigenvalue weighted by molar-refractivity contribution is -0.142. The summed E-state index contributed by atoms with van der Waals surface area (Å²) in [6, 6.07) is 7.51. The number of ether oxygens (including phenoxy) is 2. The number of piperidine rings is 1. The summed E-state index contributed by atoms with van der Waals surface area (Å²) < 4.78 is 10.7. The fourth-order valence-electron chi connectivity index (χ4n) is 3.23. The maximum absolute atomic E-state index is 11.1. The number of benzene rings is 1. The molecule has 1 fully saturated rings. The maximum atomic E-state index is 11.1. The second-order valence-corrected chi connectivity index (χ2v) is 6.48. The molecule has 136 valence electrons. The van der Waals surface area contributed by atoms with Crippen LogP contribution in [-0.2, 0) is 4.79 Å². The maximum Gasteiger partial charge on any atom is 0.306 e.